The molecule has 0 amide bonds. The van der Waals surface area contributed by atoms with Crippen molar-refractivity contribution in [1.29, 1.82) is 0 Å². The van der Waals surface area contributed by atoms with Crippen molar-refractivity contribution in [2.75, 3.05) is 0 Å². The van der Waals surface area contributed by atoms with Crippen molar-refractivity contribution in [2.45, 2.75) is 24.4 Å². The van der Waals surface area contributed by atoms with Gasteiger partial charge in [0.05, 0.1) is 0 Å². The third kappa shape index (κ3) is 0.0658. The van der Waals surface area contributed by atoms with Gasteiger partial charge in [-0.3, -0.25) is 0 Å². The van der Waals surface area contributed by atoms with Gasteiger partial charge in [0.25, 0.3) is 0 Å². The maximum atomic E-state index is 3.46. The molecule has 2 aliphatic carbocycles. The molecule has 1 nitrogen and oxygen atoms in total. The van der Waals surface area contributed by atoms with Crippen molar-refractivity contribution in [3.05, 3.63) is 0 Å². The summed E-state index contributed by atoms with van der Waals surface area (Å²) in [5.41, 5.74) is 0.782. The average molecular weight is 81.1 g/mol. The van der Waals surface area contributed by atoms with Gasteiger partial charge in [0, 0.05) is 11.6 Å². The van der Waals surface area contributed by atoms with E-state index in [1.807, 2.05) is 0 Å². The molecule has 32 valence electrons. The minimum atomic E-state index is 0.782. The minimum absolute atomic E-state index is 0.782. The molecule has 6 heavy (non-hydrogen) atoms. The predicted molar refractivity (Wildman–Crippen MR) is 22.4 cm³/mol. The van der Waals surface area contributed by atoms with E-state index >= 15 is 0 Å². The summed E-state index contributed by atoms with van der Waals surface area (Å²) in [6, 6.07) is 0.991. The van der Waals surface area contributed by atoms with Gasteiger partial charge in [-0.1, -0.05) is 0 Å². The van der Waals surface area contributed by atoms with Gasteiger partial charge >= 0.3 is 0 Å². The quantitative estimate of drug-likeness (QED) is 0.436. The van der Waals surface area contributed by atoms with Crippen LogP contribution < -0.4 is 5.32 Å². The van der Waals surface area contributed by atoms with E-state index < -0.39 is 0 Å². The Morgan fingerprint density at radius 3 is 2.17 bits per heavy atom. The summed E-state index contributed by atoms with van der Waals surface area (Å²) in [7, 11) is 0. The molecule has 2 saturated heterocycles. The van der Waals surface area contributed by atoms with Gasteiger partial charge in [0.1, 0.15) is 0 Å². The number of hydrogen-bond donors (Lipinski definition) is 1. The van der Waals surface area contributed by atoms with E-state index in [0.29, 0.717) is 0 Å². The highest BCUT2D eigenvalue weighted by Gasteiger charge is 2.77. The van der Waals surface area contributed by atoms with Crippen LogP contribution in [-0.4, -0.2) is 11.6 Å². The summed E-state index contributed by atoms with van der Waals surface area (Å²) in [5.74, 6) is 1.16. The standard InChI is InChI=1S/C5H7N/c1-3-4-2-5(1,3)6-4/h3-4,6H,1-2H2. The zero-order valence-corrected chi connectivity index (χ0v) is 3.57. The molecule has 1 N–H and O–H groups in total. The van der Waals surface area contributed by atoms with E-state index in [2.05, 4.69) is 5.32 Å². The fourth-order valence-corrected chi connectivity index (χ4v) is 1.99. The Labute approximate surface area is 36.7 Å². The lowest BCUT2D eigenvalue weighted by molar-refractivity contribution is 0.0880. The second kappa shape index (κ2) is 0.348. The number of nitrogens with one attached hydrogen (secondary N) is 1. The van der Waals surface area contributed by atoms with Gasteiger partial charge in [0.2, 0.25) is 0 Å². The zero-order valence-electron chi connectivity index (χ0n) is 3.57. The third-order valence-corrected chi connectivity index (χ3v) is 2.68. The zero-order chi connectivity index (χ0) is 3.78. The molecule has 0 aromatic carbocycles. The first-order valence-corrected chi connectivity index (χ1v) is 2.68. The highest BCUT2D eigenvalue weighted by Crippen LogP contribution is 2.68. The van der Waals surface area contributed by atoms with Crippen LogP contribution in [0, 0.1) is 5.92 Å². The van der Waals surface area contributed by atoms with E-state index in [1.165, 1.54) is 12.8 Å². The SMILES string of the molecule is C1C2NC13CC23. The van der Waals surface area contributed by atoms with Gasteiger partial charge in [0.15, 0.2) is 0 Å². The normalized spacial score (nSPS) is 80.0. The molecule has 2 bridgehead atoms. The molecule has 0 aromatic heterocycles. The van der Waals surface area contributed by atoms with E-state index in [0.717, 1.165) is 17.5 Å². The van der Waals surface area contributed by atoms with Crippen molar-refractivity contribution in [3.63, 3.8) is 0 Å². The Morgan fingerprint density at radius 2 is 2.17 bits per heavy atom. The van der Waals surface area contributed by atoms with E-state index in [9.17, 15) is 0 Å². The molecule has 1 heteroatoms. The third-order valence-electron chi connectivity index (χ3n) is 2.68. The molecule has 1 spiro atoms. The lowest BCUT2D eigenvalue weighted by Crippen LogP contribution is -2.68. The Kier molecular flexibility index (Phi) is 0.134. The molecule has 4 rings (SSSR count). The largest absolute Gasteiger partial charge is 0.308 e. The number of hydrogen-bond acceptors (Lipinski definition) is 1. The second-order valence-corrected chi connectivity index (χ2v) is 2.92. The van der Waals surface area contributed by atoms with Crippen LogP contribution in [0.15, 0.2) is 0 Å². The lowest BCUT2D eigenvalue weighted by Gasteiger charge is -2.50. The van der Waals surface area contributed by atoms with Crippen LogP contribution in [0.4, 0.5) is 0 Å². The smallest absolute Gasteiger partial charge is 0.0246 e. The highest BCUT2D eigenvalue weighted by molar-refractivity contribution is 5.36. The van der Waals surface area contributed by atoms with Crippen LogP contribution in [0.2, 0.25) is 0 Å². The maximum Gasteiger partial charge on any atom is 0.0246 e. The molecular formula is C5H7N. The van der Waals surface area contributed by atoms with E-state index in [-0.39, 0.29) is 0 Å². The summed E-state index contributed by atoms with van der Waals surface area (Å²) in [6.45, 7) is 0. The molecule has 2 aliphatic heterocycles. The summed E-state index contributed by atoms with van der Waals surface area (Å²) in [5, 5.41) is 3.46. The molecular weight excluding hydrogens is 74.1 g/mol. The number of rotatable bonds is 0. The molecule has 3 atom stereocenters. The van der Waals surface area contributed by atoms with Crippen molar-refractivity contribution in [2.24, 2.45) is 5.92 Å². The molecule has 4 fully saturated rings. The molecule has 3 unspecified atom stereocenters. The maximum absolute atomic E-state index is 3.46. The topological polar surface area (TPSA) is 12.0 Å². The summed E-state index contributed by atoms with van der Waals surface area (Å²) >= 11 is 0. The van der Waals surface area contributed by atoms with Gasteiger partial charge in [-0.15, -0.1) is 0 Å². The van der Waals surface area contributed by atoms with Crippen molar-refractivity contribution in [3.8, 4) is 0 Å². The molecule has 2 saturated carbocycles. The Morgan fingerprint density at radius 1 is 1.50 bits per heavy atom. The summed E-state index contributed by atoms with van der Waals surface area (Å²) < 4.78 is 0. The molecule has 4 aliphatic rings. The first kappa shape index (κ1) is 2.31. The average Bonchev–Trinajstić information content (AvgIpc) is 1.63. The van der Waals surface area contributed by atoms with Gasteiger partial charge in [-0.25, -0.2) is 0 Å². The van der Waals surface area contributed by atoms with Crippen LogP contribution in [-0.2, 0) is 0 Å². The molecule has 0 radical (unpaired) electrons. The van der Waals surface area contributed by atoms with E-state index in [1.54, 1.807) is 0 Å². The van der Waals surface area contributed by atoms with Crippen LogP contribution in [0.3, 0.4) is 0 Å². The van der Waals surface area contributed by atoms with Crippen molar-refractivity contribution < 1.29 is 0 Å². The summed E-state index contributed by atoms with van der Waals surface area (Å²) in [4.78, 5) is 0. The first-order chi connectivity index (χ1) is 2.91. The van der Waals surface area contributed by atoms with Crippen molar-refractivity contribution in [1.82, 2.24) is 5.32 Å². The minimum Gasteiger partial charge on any atom is -0.308 e. The Balaban J connectivity index is 2.26. The molecule has 2 heterocycles. The van der Waals surface area contributed by atoms with Crippen LogP contribution in [0.25, 0.3) is 0 Å². The Bertz CT molecular complexity index is 102. The fourth-order valence-electron chi connectivity index (χ4n) is 1.99. The van der Waals surface area contributed by atoms with Gasteiger partial charge in [-0.05, 0) is 18.8 Å². The second-order valence-electron chi connectivity index (χ2n) is 2.92. The monoisotopic (exact) mass is 81.1 g/mol. The fraction of sp³-hybridized carbons (Fsp3) is 1.00. The van der Waals surface area contributed by atoms with Gasteiger partial charge < -0.3 is 5.32 Å². The lowest BCUT2D eigenvalue weighted by atomic mass is 9.76. The van der Waals surface area contributed by atoms with Crippen LogP contribution >= 0.6 is 0 Å². The first-order valence-electron chi connectivity index (χ1n) is 2.68. The molecule has 0 aromatic rings. The summed E-state index contributed by atoms with van der Waals surface area (Å²) in [6.07, 6.45) is 3.02. The van der Waals surface area contributed by atoms with Crippen LogP contribution in [0.5, 0.6) is 0 Å². The highest BCUT2D eigenvalue weighted by atomic mass is 15.3. The van der Waals surface area contributed by atoms with E-state index in [4.69, 9.17) is 0 Å². The van der Waals surface area contributed by atoms with Crippen molar-refractivity contribution >= 4 is 0 Å². The van der Waals surface area contributed by atoms with Crippen LogP contribution in [0.1, 0.15) is 12.8 Å². The Hall–Kier alpha value is -0.0400. The van der Waals surface area contributed by atoms with Gasteiger partial charge in [-0.2, -0.15) is 0 Å². The predicted octanol–water partition coefficient (Wildman–Crippen LogP) is 0.121.